The lowest BCUT2D eigenvalue weighted by molar-refractivity contribution is -0.0207. The van der Waals surface area contributed by atoms with E-state index in [1.807, 2.05) is 30.5 Å². The molecule has 1 fully saturated rings. The van der Waals surface area contributed by atoms with Crippen molar-refractivity contribution >= 4 is 5.82 Å². The molecule has 1 aliphatic heterocycles. The van der Waals surface area contributed by atoms with Crippen LogP contribution in [0.2, 0.25) is 0 Å². The van der Waals surface area contributed by atoms with Crippen molar-refractivity contribution in [1.82, 2.24) is 20.1 Å². The predicted molar refractivity (Wildman–Crippen MR) is 84.6 cm³/mol. The van der Waals surface area contributed by atoms with E-state index in [-0.39, 0.29) is 6.10 Å². The highest BCUT2D eigenvalue weighted by Gasteiger charge is 2.20. The van der Waals surface area contributed by atoms with Gasteiger partial charge in [0, 0.05) is 50.7 Å². The Morgan fingerprint density at radius 2 is 2.23 bits per heavy atom. The zero-order valence-corrected chi connectivity index (χ0v) is 12.6. The topological polar surface area (TPSA) is 63.2 Å². The molecule has 0 aliphatic carbocycles. The third-order valence-corrected chi connectivity index (χ3v) is 3.72. The van der Waals surface area contributed by atoms with E-state index in [0.29, 0.717) is 0 Å². The second kappa shape index (κ2) is 7.82. The molecule has 0 radical (unpaired) electrons. The molecule has 116 valence electrons. The average Bonchev–Trinajstić information content (AvgIpc) is 2.60. The molecule has 0 aromatic carbocycles. The summed E-state index contributed by atoms with van der Waals surface area (Å²) in [6.07, 6.45) is 4.68. The van der Waals surface area contributed by atoms with Crippen LogP contribution >= 0.6 is 0 Å². The monoisotopic (exact) mass is 299 g/mol. The molecule has 3 rings (SSSR count). The molecule has 0 spiro atoms. The number of hydrogen-bond acceptors (Lipinski definition) is 6. The maximum Gasteiger partial charge on any atom is 0.148 e. The highest BCUT2D eigenvalue weighted by Crippen LogP contribution is 2.08. The molecule has 2 aromatic rings. The summed E-state index contributed by atoms with van der Waals surface area (Å²) < 4.78 is 5.81. The molecule has 22 heavy (non-hydrogen) atoms. The van der Waals surface area contributed by atoms with Crippen LogP contribution in [0, 0.1) is 0 Å². The maximum absolute atomic E-state index is 5.81. The van der Waals surface area contributed by atoms with Crippen molar-refractivity contribution in [3.63, 3.8) is 0 Å². The predicted octanol–water partition coefficient (Wildman–Crippen LogP) is 1.23. The summed E-state index contributed by atoms with van der Waals surface area (Å²) in [6, 6.07) is 9.85. The van der Waals surface area contributed by atoms with Gasteiger partial charge >= 0.3 is 0 Å². The lowest BCUT2D eigenvalue weighted by Gasteiger charge is -2.33. The van der Waals surface area contributed by atoms with Gasteiger partial charge in [-0.3, -0.25) is 9.88 Å². The number of ether oxygens (including phenoxy) is 1. The largest absolute Gasteiger partial charge is 0.374 e. The van der Waals surface area contributed by atoms with Crippen LogP contribution in [0.25, 0.3) is 0 Å². The van der Waals surface area contributed by atoms with Crippen LogP contribution in [-0.2, 0) is 11.2 Å². The number of rotatable bonds is 6. The van der Waals surface area contributed by atoms with Crippen molar-refractivity contribution in [2.45, 2.75) is 12.5 Å². The van der Waals surface area contributed by atoms with Gasteiger partial charge in [-0.1, -0.05) is 6.07 Å². The van der Waals surface area contributed by atoms with Gasteiger partial charge in [0.25, 0.3) is 0 Å². The van der Waals surface area contributed by atoms with Crippen LogP contribution in [0.4, 0.5) is 5.82 Å². The number of hydrogen-bond donors (Lipinski definition) is 1. The molecule has 3 heterocycles. The first kappa shape index (κ1) is 14.9. The maximum atomic E-state index is 5.81. The smallest absolute Gasteiger partial charge is 0.148 e. The Labute approximate surface area is 130 Å². The number of aromatic nitrogens is 3. The minimum Gasteiger partial charge on any atom is -0.374 e. The van der Waals surface area contributed by atoms with Crippen LogP contribution in [0.1, 0.15) is 5.69 Å². The van der Waals surface area contributed by atoms with E-state index in [9.17, 15) is 0 Å². The standard InChI is InChI=1S/C16H21N5O/c1-2-7-17-14(4-1)6-9-21-10-11-22-15(13-21)12-18-16-5-3-8-19-20-16/h1-5,7-8,15H,6,9-13H2,(H,18,20)/t15-/m0/s1. The van der Waals surface area contributed by atoms with Gasteiger partial charge in [0.15, 0.2) is 0 Å². The van der Waals surface area contributed by atoms with Gasteiger partial charge in [0.05, 0.1) is 12.7 Å². The Bertz CT molecular complexity index is 501. The fourth-order valence-corrected chi connectivity index (χ4v) is 2.54. The number of pyridine rings is 1. The summed E-state index contributed by atoms with van der Waals surface area (Å²) in [5.41, 5.74) is 1.14. The molecule has 0 amide bonds. The van der Waals surface area contributed by atoms with E-state index in [1.165, 1.54) is 0 Å². The molecule has 2 aromatic heterocycles. The van der Waals surface area contributed by atoms with Crippen molar-refractivity contribution < 1.29 is 4.74 Å². The molecular formula is C16H21N5O. The second-order valence-corrected chi connectivity index (χ2v) is 5.35. The Hall–Kier alpha value is -2.05. The summed E-state index contributed by atoms with van der Waals surface area (Å²) in [5, 5.41) is 11.1. The molecule has 6 heteroatoms. The second-order valence-electron chi connectivity index (χ2n) is 5.35. The average molecular weight is 299 g/mol. The summed E-state index contributed by atoms with van der Waals surface area (Å²) >= 11 is 0. The Balaban J connectivity index is 1.43. The summed E-state index contributed by atoms with van der Waals surface area (Å²) in [4.78, 5) is 6.80. The van der Waals surface area contributed by atoms with Crippen LogP contribution in [0.3, 0.4) is 0 Å². The van der Waals surface area contributed by atoms with Gasteiger partial charge in [0.2, 0.25) is 0 Å². The van der Waals surface area contributed by atoms with E-state index in [2.05, 4.69) is 31.5 Å². The van der Waals surface area contributed by atoms with Crippen molar-refractivity contribution in [3.8, 4) is 0 Å². The summed E-state index contributed by atoms with van der Waals surface area (Å²) in [6.45, 7) is 4.45. The number of nitrogens with one attached hydrogen (secondary N) is 1. The zero-order chi connectivity index (χ0) is 15.0. The minimum absolute atomic E-state index is 0.180. The third-order valence-electron chi connectivity index (χ3n) is 3.72. The molecule has 6 nitrogen and oxygen atoms in total. The van der Waals surface area contributed by atoms with Gasteiger partial charge < -0.3 is 10.1 Å². The number of morpholine rings is 1. The molecule has 1 saturated heterocycles. The normalized spacial score (nSPS) is 19.0. The van der Waals surface area contributed by atoms with Gasteiger partial charge in [-0.2, -0.15) is 5.10 Å². The number of nitrogens with zero attached hydrogens (tertiary/aromatic N) is 4. The third kappa shape index (κ3) is 4.47. The molecular weight excluding hydrogens is 278 g/mol. The highest BCUT2D eigenvalue weighted by molar-refractivity contribution is 5.31. The van der Waals surface area contributed by atoms with Crippen molar-refractivity contribution in [3.05, 3.63) is 48.4 Å². The Kier molecular flexibility index (Phi) is 5.28. The van der Waals surface area contributed by atoms with Crippen LogP contribution in [0.5, 0.6) is 0 Å². The zero-order valence-electron chi connectivity index (χ0n) is 12.6. The Morgan fingerprint density at radius 3 is 3.05 bits per heavy atom. The molecule has 1 N–H and O–H groups in total. The summed E-state index contributed by atoms with van der Waals surface area (Å²) in [5.74, 6) is 0.789. The first-order chi connectivity index (χ1) is 10.9. The highest BCUT2D eigenvalue weighted by atomic mass is 16.5. The van der Waals surface area contributed by atoms with Crippen LogP contribution < -0.4 is 5.32 Å². The fourth-order valence-electron chi connectivity index (χ4n) is 2.54. The van der Waals surface area contributed by atoms with E-state index >= 15 is 0 Å². The van der Waals surface area contributed by atoms with Crippen molar-refractivity contribution in [2.75, 3.05) is 38.1 Å². The fraction of sp³-hybridized carbons (Fsp3) is 0.438. The van der Waals surface area contributed by atoms with Crippen molar-refractivity contribution in [2.24, 2.45) is 0 Å². The van der Waals surface area contributed by atoms with Gasteiger partial charge in [0.1, 0.15) is 5.82 Å². The van der Waals surface area contributed by atoms with Gasteiger partial charge in [-0.05, 0) is 24.3 Å². The van der Waals surface area contributed by atoms with E-state index in [1.54, 1.807) is 6.20 Å². The molecule has 1 aliphatic rings. The lowest BCUT2D eigenvalue weighted by atomic mass is 10.2. The first-order valence-electron chi connectivity index (χ1n) is 7.65. The van der Waals surface area contributed by atoms with E-state index < -0.39 is 0 Å². The van der Waals surface area contributed by atoms with Crippen LogP contribution in [0.15, 0.2) is 42.7 Å². The molecule has 0 saturated carbocycles. The van der Waals surface area contributed by atoms with Crippen molar-refractivity contribution in [1.29, 1.82) is 0 Å². The number of anilines is 1. The van der Waals surface area contributed by atoms with Crippen LogP contribution in [-0.4, -0.2) is 59.0 Å². The molecule has 1 atom stereocenters. The quantitative estimate of drug-likeness (QED) is 0.865. The minimum atomic E-state index is 0.180. The van der Waals surface area contributed by atoms with E-state index in [0.717, 1.165) is 50.7 Å². The Morgan fingerprint density at radius 1 is 1.23 bits per heavy atom. The first-order valence-corrected chi connectivity index (χ1v) is 7.65. The van der Waals surface area contributed by atoms with Gasteiger partial charge in [-0.15, -0.1) is 5.10 Å². The summed E-state index contributed by atoms with van der Waals surface area (Å²) in [7, 11) is 0. The lowest BCUT2D eigenvalue weighted by Crippen LogP contribution is -2.46. The van der Waals surface area contributed by atoms with Gasteiger partial charge in [-0.25, -0.2) is 0 Å². The van der Waals surface area contributed by atoms with E-state index in [4.69, 9.17) is 4.74 Å². The molecule has 0 bridgehead atoms. The SMILES string of the molecule is c1ccc(CCN2CCO[C@@H](CNc3cccnn3)C2)nc1. The molecule has 0 unspecified atom stereocenters.